The van der Waals surface area contributed by atoms with E-state index in [0.29, 0.717) is 30.7 Å². The molecule has 6 nitrogen and oxygen atoms in total. The third-order valence-corrected chi connectivity index (χ3v) is 3.33. The van der Waals surface area contributed by atoms with Gasteiger partial charge in [0.2, 0.25) is 5.91 Å². The van der Waals surface area contributed by atoms with Gasteiger partial charge in [-0.15, -0.1) is 6.42 Å². The zero-order valence-electron chi connectivity index (χ0n) is 15.3. The molecule has 1 rings (SSSR count). The summed E-state index contributed by atoms with van der Waals surface area (Å²) < 4.78 is 5.53. The van der Waals surface area contributed by atoms with Crippen LogP contribution in [0.1, 0.15) is 25.8 Å². The van der Waals surface area contributed by atoms with E-state index in [2.05, 4.69) is 40.7 Å². The van der Waals surface area contributed by atoms with E-state index in [1.54, 1.807) is 25.2 Å². The molecule has 0 spiro atoms. The summed E-state index contributed by atoms with van der Waals surface area (Å²) >= 11 is 0. The van der Waals surface area contributed by atoms with Crippen LogP contribution in [0, 0.1) is 18.3 Å². The second kappa shape index (κ2) is 11.9. The maximum absolute atomic E-state index is 12.0. The second-order valence-corrected chi connectivity index (χ2v) is 5.92. The predicted octanol–water partition coefficient (Wildman–Crippen LogP) is 1.83. The van der Waals surface area contributed by atoms with Crippen LogP contribution in [0.15, 0.2) is 29.3 Å². The molecular formula is C19H28N4O2. The Morgan fingerprint density at radius 1 is 1.32 bits per heavy atom. The molecule has 0 aliphatic rings. The van der Waals surface area contributed by atoms with Gasteiger partial charge in [-0.05, 0) is 30.5 Å². The average molecular weight is 344 g/mol. The summed E-state index contributed by atoms with van der Waals surface area (Å²) in [4.78, 5) is 16.1. The number of guanidine groups is 1. The summed E-state index contributed by atoms with van der Waals surface area (Å²) in [5.74, 6) is 3.56. The Labute approximate surface area is 150 Å². The third kappa shape index (κ3) is 9.38. The number of carbonyl (C=O) groups excluding carboxylic acids is 1. The molecule has 0 aromatic heterocycles. The molecule has 1 aromatic carbocycles. The number of nitrogens with one attached hydrogen (secondary N) is 3. The largest absolute Gasteiger partial charge is 0.380 e. The Balaban J connectivity index is 2.25. The van der Waals surface area contributed by atoms with Crippen LogP contribution in [0.3, 0.4) is 0 Å². The topological polar surface area (TPSA) is 74.8 Å². The van der Waals surface area contributed by atoms with Crippen molar-refractivity contribution in [3.63, 3.8) is 0 Å². The highest BCUT2D eigenvalue weighted by molar-refractivity contribution is 5.95. The number of aliphatic imine (C=N–C) groups is 1. The first-order valence-corrected chi connectivity index (χ1v) is 8.44. The summed E-state index contributed by atoms with van der Waals surface area (Å²) in [6.45, 7) is 6.42. The number of carbonyl (C=O) groups is 1. The molecule has 0 fully saturated rings. The first-order chi connectivity index (χ1) is 12.0. The number of terminal acetylenes is 1. The highest BCUT2D eigenvalue weighted by Crippen LogP contribution is 2.09. The molecule has 1 aromatic rings. The summed E-state index contributed by atoms with van der Waals surface area (Å²) in [7, 11) is 1.66. The Morgan fingerprint density at radius 2 is 2.12 bits per heavy atom. The molecule has 25 heavy (non-hydrogen) atoms. The lowest BCUT2D eigenvalue weighted by molar-refractivity contribution is -0.115. The third-order valence-electron chi connectivity index (χ3n) is 3.33. The van der Waals surface area contributed by atoms with Gasteiger partial charge in [-0.3, -0.25) is 9.79 Å². The van der Waals surface area contributed by atoms with Gasteiger partial charge in [-0.25, -0.2) is 0 Å². The molecule has 1 amide bonds. The van der Waals surface area contributed by atoms with Crippen LogP contribution < -0.4 is 16.0 Å². The highest BCUT2D eigenvalue weighted by Gasteiger charge is 2.04. The lowest BCUT2D eigenvalue weighted by Crippen LogP contribution is -2.42. The number of amides is 1. The standard InChI is InChI=1S/C19H28N4O2/c1-5-16-7-6-8-17(13-16)23-18(24)14-22-19(20-4)21-10-12-25-11-9-15(2)3/h1,6-8,13,15H,9-12,14H2,2-4H3,(H,23,24)(H2,20,21,22). The summed E-state index contributed by atoms with van der Waals surface area (Å²) in [6, 6.07) is 7.15. The van der Waals surface area contributed by atoms with Crippen LogP contribution in [0.2, 0.25) is 0 Å². The van der Waals surface area contributed by atoms with Gasteiger partial charge in [-0.1, -0.05) is 25.8 Å². The fourth-order valence-corrected chi connectivity index (χ4v) is 1.94. The van der Waals surface area contributed by atoms with E-state index in [4.69, 9.17) is 11.2 Å². The molecule has 3 N–H and O–H groups in total. The van der Waals surface area contributed by atoms with Crippen molar-refractivity contribution in [3.8, 4) is 12.3 Å². The van der Waals surface area contributed by atoms with Gasteiger partial charge in [0.15, 0.2) is 5.96 Å². The number of hydrogen-bond donors (Lipinski definition) is 3. The molecule has 0 heterocycles. The lowest BCUT2D eigenvalue weighted by atomic mass is 10.1. The molecular weight excluding hydrogens is 316 g/mol. The number of ether oxygens (including phenoxy) is 1. The minimum absolute atomic E-state index is 0.105. The van der Waals surface area contributed by atoms with Crippen LogP contribution >= 0.6 is 0 Å². The predicted molar refractivity (Wildman–Crippen MR) is 103 cm³/mol. The van der Waals surface area contributed by atoms with Gasteiger partial charge in [0.05, 0.1) is 13.2 Å². The second-order valence-electron chi connectivity index (χ2n) is 5.92. The van der Waals surface area contributed by atoms with Gasteiger partial charge in [0, 0.05) is 31.5 Å². The zero-order valence-corrected chi connectivity index (χ0v) is 15.3. The molecule has 0 saturated carbocycles. The Bertz CT molecular complexity index is 606. The van der Waals surface area contributed by atoms with Crippen molar-refractivity contribution >= 4 is 17.6 Å². The smallest absolute Gasteiger partial charge is 0.243 e. The maximum atomic E-state index is 12.0. The van der Waals surface area contributed by atoms with Crippen molar-refractivity contribution in [1.29, 1.82) is 0 Å². The van der Waals surface area contributed by atoms with Crippen molar-refractivity contribution in [1.82, 2.24) is 10.6 Å². The fourth-order valence-electron chi connectivity index (χ4n) is 1.94. The quantitative estimate of drug-likeness (QED) is 0.277. The summed E-state index contributed by atoms with van der Waals surface area (Å²) in [6.07, 6.45) is 6.40. The van der Waals surface area contributed by atoms with Crippen LogP contribution in [0.25, 0.3) is 0 Å². The molecule has 0 saturated heterocycles. The number of anilines is 1. The van der Waals surface area contributed by atoms with Crippen LogP contribution in [0.5, 0.6) is 0 Å². The Hall–Kier alpha value is -2.52. The van der Waals surface area contributed by atoms with Crippen LogP contribution in [0.4, 0.5) is 5.69 Å². The van der Waals surface area contributed by atoms with Gasteiger partial charge < -0.3 is 20.7 Å². The van der Waals surface area contributed by atoms with Gasteiger partial charge in [0.1, 0.15) is 0 Å². The molecule has 0 bridgehead atoms. The van der Waals surface area contributed by atoms with E-state index in [-0.39, 0.29) is 12.5 Å². The highest BCUT2D eigenvalue weighted by atomic mass is 16.5. The van der Waals surface area contributed by atoms with Crippen LogP contribution in [-0.2, 0) is 9.53 Å². The molecule has 0 unspecified atom stereocenters. The van der Waals surface area contributed by atoms with Gasteiger partial charge in [0.25, 0.3) is 0 Å². The Morgan fingerprint density at radius 3 is 2.80 bits per heavy atom. The fraction of sp³-hybridized carbons (Fsp3) is 0.474. The zero-order chi connectivity index (χ0) is 18.5. The van der Waals surface area contributed by atoms with Gasteiger partial charge >= 0.3 is 0 Å². The minimum atomic E-state index is -0.176. The number of hydrogen-bond acceptors (Lipinski definition) is 3. The van der Waals surface area contributed by atoms with Crippen molar-refractivity contribution in [2.24, 2.45) is 10.9 Å². The van der Waals surface area contributed by atoms with E-state index in [1.165, 1.54) is 0 Å². The van der Waals surface area contributed by atoms with E-state index < -0.39 is 0 Å². The molecule has 6 heteroatoms. The first-order valence-electron chi connectivity index (χ1n) is 8.44. The normalized spacial score (nSPS) is 11.1. The first kappa shape index (κ1) is 20.5. The van der Waals surface area contributed by atoms with Crippen molar-refractivity contribution in [3.05, 3.63) is 29.8 Å². The Kier molecular flexibility index (Phi) is 9.79. The summed E-state index contributed by atoms with van der Waals surface area (Å²) in [5.41, 5.74) is 1.39. The van der Waals surface area contributed by atoms with Crippen LogP contribution in [-0.4, -0.2) is 45.2 Å². The van der Waals surface area contributed by atoms with Crippen molar-refractivity contribution < 1.29 is 9.53 Å². The molecule has 0 aliphatic heterocycles. The molecule has 0 radical (unpaired) electrons. The maximum Gasteiger partial charge on any atom is 0.243 e. The number of rotatable bonds is 9. The van der Waals surface area contributed by atoms with Gasteiger partial charge in [-0.2, -0.15) is 0 Å². The average Bonchev–Trinajstić information content (AvgIpc) is 2.60. The molecule has 136 valence electrons. The van der Waals surface area contributed by atoms with E-state index in [9.17, 15) is 4.79 Å². The molecule has 0 atom stereocenters. The van der Waals surface area contributed by atoms with E-state index in [0.717, 1.165) is 18.6 Å². The number of nitrogens with zero attached hydrogens (tertiary/aromatic N) is 1. The van der Waals surface area contributed by atoms with Crippen molar-refractivity contribution in [2.75, 3.05) is 38.7 Å². The van der Waals surface area contributed by atoms with E-state index in [1.807, 2.05) is 6.07 Å². The molecule has 0 aliphatic carbocycles. The lowest BCUT2D eigenvalue weighted by Gasteiger charge is -2.12. The number of benzene rings is 1. The minimum Gasteiger partial charge on any atom is -0.380 e. The monoisotopic (exact) mass is 344 g/mol. The van der Waals surface area contributed by atoms with E-state index >= 15 is 0 Å². The SMILES string of the molecule is C#Cc1cccc(NC(=O)CNC(=NC)NCCOCCC(C)C)c1. The summed E-state index contributed by atoms with van der Waals surface area (Å²) in [5, 5.41) is 8.85. The van der Waals surface area contributed by atoms with Crippen molar-refractivity contribution in [2.45, 2.75) is 20.3 Å².